The summed E-state index contributed by atoms with van der Waals surface area (Å²) in [6, 6.07) is 2.82. The molecule has 0 atom stereocenters. The van der Waals surface area contributed by atoms with Gasteiger partial charge >= 0.3 is 5.97 Å². The summed E-state index contributed by atoms with van der Waals surface area (Å²) in [6.07, 6.45) is 0. The van der Waals surface area contributed by atoms with E-state index in [1.54, 1.807) is 0 Å². The molecule has 1 aromatic carbocycles. The summed E-state index contributed by atoms with van der Waals surface area (Å²) >= 11 is 0. The molecule has 0 fully saturated rings. The number of carboxylic acid groups (broad SMARTS) is 1. The van der Waals surface area contributed by atoms with Crippen LogP contribution in [0.4, 0.5) is 8.78 Å². The maximum atomic E-state index is 13.4. The van der Waals surface area contributed by atoms with Crippen molar-refractivity contribution in [3.8, 4) is 5.69 Å². The van der Waals surface area contributed by atoms with Crippen molar-refractivity contribution in [2.24, 2.45) is 0 Å². The van der Waals surface area contributed by atoms with Gasteiger partial charge < -0.3 is 5.11 Å². The molecule has 1 aromatic heterocycles. The molecule has 0 aliphatic heterocycles. The first-order valence-corrected chi connectivity index (χ1v) is 4.61. The number of hydrogen-bond donors (Lipinski definition) is 1. The predicted molar refractivity (Wildman–Crippen MR) is 53.0 cm³/mol. The maximum absolute atomic E-state index is 13.4. The number of rotatable bonds is 2. The molecule has 1 N–H and O–H groups in total. The fourth-order valence-electron chi connectivity index (χ4n) is 1.36. The summed E-state index contributed by atoms with van der Waals surface area (Å²) in [5.74, 6) is -2.99. The molecule has 0 bridgehead atoms. The van der Waals surface area contributed by atoms with Crippen LogP contribution < -0.4 is 0 Å². The standard InChI is InChI=1S/C10H7F2N3O2/c1-5-13-9(10(16)17)14-15(5)8-4-6(11)2-3-7(8)12/h2-4H,1H3,(H,16,17). The van der Waals surface area contributed by atoms with Crippen molar-refractivity contribution in [3.63, 3.8) is 0 Å². The lowest BCUT2D eigenvalue weighted by atomic mass is 10.3. The van der Waals surface area contributed by atoms with E-state index in [2.05, 4.69) is 10.1 Å². The zero-order valence-electron chi connectivity index (χ0n) is 8.69. The molecule has 17 heavy (non-hydrogen) atoms. The molecule has 0 radical (unpaired) electrons. The van der Waals surface area contributed by atoms with Gasteiger partial charge in [0, 0.05) is 6.07 Å². The normalized spacial score (nSPS) is 10.5. The molecule has 88 valence electrons. The minimum atomic E-state index is -1.33. The van der Waals surface area contributed by atoms with Gasteiger partial charge in [-0.1, -0.05) is 0 Å². The molecule has 0 unspecified atom stereocenters. The van der Waals surface area contributed by atoms with E-state index in [4.69, 9.17) is 5.11 Å². The Morgan fingerprint density at radius 1 is 1.41 bits per heavy atom. The first kappa shape index (κ1) is 11.2. The van der Waals surface area contributed by atoms with E-state index >= 15 is 0 Å². The third-order valence-corrected chi connectivity index (χ3v) is 2.10. The van der Waals surface area contributed by atoms with E-state index < -0.39 is 23.4 Å². The molecule has 7 heteroatoms. The molecule has 2 aromatic rings. The Balaban J connectivity index is 2.60. The highest BCUT2D eigenvalue weighted by Gasteiger charge is 2.16. The largest absolute Gasteiger partial charge is 0.475 e. The smallest absolute Gasteiger partial charge is 0.375 e. The summed E-state index contributed by atoms with van der Waals surface area (Å²) < 4.78 is 27.4. The Kier molecular flexibility index (Phi) is 2.58. The fourth-order valence-corrected chi connectivity index (χ4v) is 1.36. The van der Waals surface area contributed by atoms with Crippen molar-refractivity contribution in [2.75, 3.05) is 0 Å². The zero-order valence-corrected chi connectivity index (χ0v) is 8.69. The lowest BCUT2D eigenvalue weighted by molar-refractivity contribution is 0.0683. The monoisotopic (exact) mass is 239 g/mol. The Bertz CT molecular complexity index is 595. The van der Waals surface area contributed by atoms with Crippen molar-refractivity contribution >= 4 is 5.97 Å². The maximum Gasteiger partial charge on any atom is 0.375 e. The van der Waals surface area contributed by atoms with Gasteiger partial charge in [-0.3, -0.25) is 0 Å². The molecule has 0 spiro atoms. The van der Waals surface area contributed by atoms with E-state index in [9.17, 15) is 13.6 Å². The first-order valence-electron chi connectivity index (χ1n) is 4.61. The van der Waals surface area contributed by atoms with Crippen LogP contribution >= 0.6 is 0 Å². The first-order chi connectivity index (χ1) is 7.99. The molecule has 0 aliphatic carbocycles. The van der Waals surface area contributed by atoms with E-state index in [0.29, 0.717) is 0 Å². The lowest BCUT2D eigenvalue weighted by Gasteiger charge is -2.03. The van der Waals surface area contributed by atoms with E-state index in [0.717, 1.165) is 22.9 Å². The molecule has 0 saturated heterocycles. The average Bonchev–Trinajstić information content (AvgIpc) is 2.64. The van der Waals surface area contributed by atoms with Gasteiger partial charge in [-0.05, 0) is 19.1 Å². The van der Waals surface area contributed by atoms with Gasteiger partial charge in [0.15, 0.2) is 0 Å². The van der Waals surface area contributed by atoms with Crippen LogP contribution in [0.3, 0.4) is 0 Å². The molecular weight excluding hydrogens is 232 g/mol. The number of hydrogen-bond acceptors (Lipinski definition) is 3. The molecular formula is C10H7F2N3O2. The number of benzene rings is 1. The number of nitrogens with zero attached hydrogens (tertiary/aromatic N) is 3. The number of aromatic nitrogens is 3. The van der Waals surface area contributed by atoms with Crippen LogP contribution in [0.1, 0.15) is 16.4 Å². The Morgan fingerprint density at radius 2 is 2.12 bits per heavy atom. The van der Waals surface area contributed by atoms with Gasteiger partial charge in [0.25, 0.3) is 5.82 Å². The van der Waals surface area contributed by atoms with Gasteiger partial charge in [-0.2, -0.15) is 0 Å². The second kappa shape index (κ2) is 3.93. The van der Waals surface area contributed by atoms with Gasteiger partial charge in [-0.25, -0.2) is 23.2 Å². The molecule has 5 nitrogen and oxygen atoms in total. The second-order valence-electron chi connectivity index (χ2n) is 3.30. The highest BCUT2D eigenvalue weighted by Crippen LogP contribution is 2.15. The van der Waals surface area contributed by atoms with Crippen molar-refractivity contribution in [1.82, 2.24) is 14.8 Å². The molecule has 0 amide bonds. The Labute approximate surface area is 94.3 Å². The number of aryl methyl sites for hydroxylation is 1. The van der Waals surface area contributed by atoms with Crippen molar-refractivity contribution in [3.05, 3.63) is 41.5 Å². The third-order valence-electron chi connectivity index (χ3n) is 2.10. The van der Waals surface area contributed by atoms with Gasteiger partial charge in [0.1, 0.15) is 23.1 Å². The van der Waals surface area contributed by atoms with Crippen LogP contribution in [0.2, 0.25) is 0 Å². The summed E-state index contributed by atoms with van der Waals surface area (Å²) in [7, 11) is 0. The lowest BCUT2D eigenvalue weighted by Crippen LogP contribution is -2.04. The fraction of sp³-hybridized carbons (Fsp3) is 0.100. The van der Waals surface area contributed by atoms with Crippen molar-refractivity contribution in [2.45, 2.75) is 6.92 Å². The predicted octanol–water partition coefficient (Wildman–Crippen LogP) is 1.55. The number of aromatic carboxylic acids is 1. The van der Waals surface area contributed by atoms with Gasteiger partial charge in [0.05, 0.1) is 0 Å². The minimum Gasteiger partial charge on any atom is -0.475 e. The van der Waals surface area contributed by atoms with E-state index in [1.807, 2.05) is 0 Å². The highest BCUT2D eigenvalue weighted by atomic mass is 19.1. The van der Waals surface area contributed by atoms with Crippen molar-refractivity contribution < 1.29 is 18.7 Å². The summed E-state index contributed by atoms with van der Waals surface area (Å²) in [5, 5.41) is 12.3. The SMILES string of the molecule is Cc1nc(C(=O)O)nn1-c1cc(F)ccc1F. The van der Waals surface area contributed by atoms with Crippen LogP contribution in [0.15, 0.2) is 18.2 Å². The van der Waals surface area contributed by atoms with E-state index in [1.165, 1.54) is 6.92 Å². The Morgan fingerprint density at radius 3 is 2.71 bits per heavy atom. The molecule has 0 saturated carbocycles. The van der Waals surface area contributed by atoms with Crippen LogP contribution in [-0.2, 0) is 0 Å². The summed E-state index contributed by atoms with van der Waals surface area (Å²) in [4.78, 5) is 14.3. The number of carbonyl (C=O) groups is 1. The summed E-state index contributed by atoms with van der Waals surface area (Å²) in [5.41, 5.74) is -0.178. The van der Waals surface area contributed by atoms with Gasteiger partial charge in [-0.15, -0.1) is 5.10 Å². The zero-order chi connectivity index (χ0) is 12.6. The number of carboxylic acids is 1. The number of halogens is 2. The van der Waals surface area contributed by atoms with Gasteiger partial charge in [0.2, 0.25) is 0 Å². The second-order valence-corrected chi connectivity index (χ2v) is 3.30. The van der Waals surface area contributed by atoms with E-state index in [-0.39, 0.29) is 11.5 Å². The average molecular weight is 239 g/mol. The van der Waals surface area contributed by atoms with Crippen molar-refractivity contribution in [1.29, 1.82) is 0 Å². The third kappa shape index (κ3) is 1.99. The molecule has 1 heterocycles. The quantitative estimate of drug-likeness (QED) is 0.863. The van der Waals surface area contributed by atoms with Crippen LogP contribution in [0.25, 0.3) is 5.69 Å². The van der Waals surface area contributed by atoms with Crippen LogP contribution in [-0.4, -0.2) is 25.8 Å². The molecule has 0 aliphatic rings. The van der Waals surface area contributed by atoms with Crippen LogP contribution in [0.5, 0.6) is 0 Å². The van der Waals surface area contributed by atoms with Crippen LogP contribution in [0, 0.1) is 18.6 Å². The highest BCUT2D eigenvalue weighted by molar-refractivity contribution is 5.83. The summed E-state index contributed by atoms with van der Waals surface area (Å²) in [6.45, 7) is 1.45. The minimum absolute atomic E-state index is 0.159. The topological polar surface area (TPSA) is 68.0 Å². The molecule has 2 rings (SSSR count). The Hall–Kier alpha value is -2.31.